The number of aliphatic hydroxyl groups excluding tert-OH is 4. The molecule has 16 nitrogen and oxygen atoms in total. The monoisotopic (exact) mass is 474 g/mol. The van der Waals surface area contributed by atoms with Gasteiger partial charge >= 0.3 is 27.3 Å². The van der Waals surface area contributed by atoms with Crippen LogP contribution < -0.4 is 32.7 Å². The molecule has 0 aromatic heterocycles. The summed E-state index contributed by atoms with van der Waals surface area (Å²) in [5.41, 5.74) is 0. The summed E-state index contributed by atoms with van der Waals surface area (Å²) in [4.78, 5) is 37.4. The van der Waals surface area contributed by atoms with E-state index in [1.807, 2.05) is 0 Å². The van der Waals surface area contributed by atoms with Crippen LogP contribution in [0.3, 0.4) is 0 Å². The maximum atomic E-state index is 9.34. The van der Waals surface area contributed by atoms with Crippen molar-refractivity contribution in [1.29, 1.82) is 0 Å². The zero-order chi connectivity index (χ0) is 23.3. The molecular weight excluding hydrogens is 444 g/mol. The third-order valence-corrected chi connectivity index (χ3v) is 1.36. The zero-order valence-electron chi connectivity index (χ0n) is 16.8. The SMILES string of the molecule is CC(O)C(=O)[O-].CC(O)C(=O)[O-].CC(O)C(=O)[O-].CC(O)C(=O)[O-].[NH4+].[NH4+].[OH][Ti+2][OH]. The molecule has 0 bridgehead atoms. The van der Waals surface area contributed by atoms with Gasteiger partial charge in [0.05, 0.1) is 48.3 Å². The van der Waals surface area contributed by atoms with Crippen LogP contribution in [0.15, 0.2) is 0 Å². The fraction of sp³-hybridized carbons (Fsp3) is 0.667. The first-order chi connectivity index (χ1) is 12.0. The van der Waals surface area contributed by atoms with Crippen molar-refractivity contribution in [2.45, 2.75) is 52.1 Å². The van der Waals surface area contributed by atoms with Crippen LogP contribution in [0.25, 0.3) is 0 Å². The Balaban J connectivity index is -0.0000000416. The van der Waals surface area contributed by atoms with Crippen LogP contribution >= 0.6 is 0 Å². The average molecular weight is 474 g/mol. The third-order valence-electron chi connectivity index (χ3n) is 1.36. The third kappa shape index (κ3) is 76.0. The second-order valence-corrected chi connectivity index (χ2v) is 4.39. The predicted molar refractivity (Wildman–Crippen MR) is 83.2 cm³/mol. The molecule has 176 valence electrons. The van der Waals surface area contributed by atoms with Gasteiger partial charge in [-0.05, 0) is 27.7 Å². The fourth-order valence-corrected chi connectivity index (χ4v) is 0. The van der Waals surface area contributed by atoms with E-state index in [2.05, 4.69) is 0 Å². The van der Waals surface area contributed by atoms with E-state index < -0.39 is 68.2 Å². The molecule has 0 rings (SSSR count). The van der Waals surface area contributed by atoms with Crippen molar-refractivity contribution < 1.29 is 87.3 Å². The predicted octanol–water partition coefficient (Wildman–Crippen LogP) is -7.90. The quantitative estimate of drug-likeness (QED) is 0.175. The van der Waals surface area contributed by atoms with E-state index >= 15 is 0 Å². The zero-order valence-corrected chi connectivity index (χ0v) is 18.3. The van der Waals surface area contributed by atoms with Gasteiger partial charge in [-0.3, -0.25) is 0 Å². The molecule has 29 heavy (non-hydrogen) atoms. The molecule has 0 saturated heterocycles. The summed E-state index contributed by atoms with van der Waals surface area (Å²) in [5.74, 6) is -5.74. The van der Waals surface area contributed by atoms with E-state index in [1.165, 1.54) is 0 Å². The molecule has 0 aromatic carbocycles. The summed E-state index contributed by atoms with van der Waals surface area (Å²) in [7, 11) is 0. The van der Waals surface area contributed by atoms with Crippen molar-refractivity contribution in [1.82, 2.24) is 12.3 Å². The van der Waals surface area contributed by atoms with Gasteiger partial charge in [-0.25, -0.2) is 0 Å². The molecule has 14 N–H and O–H groups in total. The molecule has 0 fully saturated rings. The minimum atomic E-state index is -1.50. The summed E-state index contributed by atoms with van der Waals surface area (Å²) in [6, 6.07) is 0. The molecule has 0 aromatic rings. The van der Waals surface area contributed by atoms with Gasteiger partial charge in [0.15, 0.2) is 0 Å². The molecule has 0 aliphatic heterocycles. The van der Waals surface area contributed by atoms with Gasteiger partial charge in [0.2, 0.25) is 0 Å². The first-order valence-electron chi connectivity index (χ1n) is 6.58. The van der Waals surface area contributed by atoms with Gasteiger partial charge in [-0.1, -0.05) is 0 Å². The van der Waals surface area contributed by atoms with Crippen LogP contribution in [-0.4, -0.2) is 76.1 Å². The number of quaternary nitrogens is 2. The molecular formula is C12H30N2O14Ti. The molecule has 0 aliphatic rings. The molecule has 0 aliphatic carbocycles. The van der Waals surface area contributed by atoms with Crippen LogP contribution in [0.4, 0.5) is 0 Å². The number of carbonyl (C=O) groups is 4. The number of rotatable bonds is 4. The normalized spacial score (nSPS) is 11.7. The first kappa shape index (κ1) is 45.8. The van der Waals surface area contributed by atoms with Gasteiger partial charge in [0.25, 0.3) is 0 Å². The Morgan fingerprint density at radius 3 is 0.586 bits per heavy atom. The molecule has 4 unspecified atom stereocenters. The Morgan fingerprint density at radius 1 is 0.552 bits per heavy atom. The number of aliphatic hydroxyl groups is 4. The molecule has 0 saturated carbocycles. The van der Waals surface area contributed by atoms with Gasteiger partial charge in [0.1, 0.15) is 0 Å². The van der Waals surface area contributed by atoms with Crippen LogP contribution in [-0.2, 0) is 39.1 Å². The number of hydrogen-bond acceptors (Lipinski definition) is 14. The van der Waals surface area contributed by atoms with E-state index in [0.29, 0.717) is 0 Å². The Labute approximate surface area is 176 Å². The minimum absolute atomic E-state index is 0. The number of carbonyl (C=O) groups excluding carboxylic acids is 4. The summed E-state index contributed by atoms with van der Waals surface area (Å²) >= 11 is -1.50. The summed E-state index contributed by atoms with van der Waals surface area (Å²) in [6.07, 6.45) is -5.37. The van der Waals surface area contributed by atoms with Crippen molar-refractivity contribution in [3.8, 4) is 0 Å². The second-order valence-electron chi connectivity index (χ2n) is 4.08. The average Bonchev–Trinajstić information content (AvgIpc) is 2.49. The van der Waals surface area contributed by atoms with E-state index in [0.717, 1.165) is 27.7 Å². The topological polar surface area (TPSA) is 355 Å². The van der Waals surface area contributed by atoms with Crippen molar-refractivity contribution in [2.24, 2.45) is 0 Å². The molecule has 17 heteroatoms. The van der Waals surface area contributed by atoms with Crippen molar-refractivity contribution >= 4 is 23.9 Å². The van der Waals surface area contributed by atoms with Crippen molar-refractivity contribution in [3.63, 3.8) is 0 Å². The number of carboxylic acid groups (broad SMARTS) is 4. The van der Waals surface area contributed by atoms with Crippen LogP contribution in [0.5, 0.6) is 0 Å². The summed E-state index contributed by atoms with van der Waals surface area (Å²) in [6.45, 7) is 4.54. The van der Waals surface area contributed by atoms with E-state index in [-0.39, 0.29) is 12.3 Å². The van der Waals surface area contributed by atoms with Gasteiger partial charge in [-0.15, -0.1) is 0 Å². The van der Waals surface area contributed by atoms with Gasteiger partial charge in [0, 0.05) is 0 Å². The second kappa shape index (κ2) is 31.0. The first-order valence-corrected chi connectivity index (χ1v) is 7.97. The Hall–Kier alpha value is -1.73. The van der Waals surface area contributed by atoms with Crippen LogP contribution in [0.1, 0.15) is 27.7 Å². The number of hydrogen-bond donors (Lipinski definition) is 8. The molecule has 0 radical (unpaired) electrons. The van der Waals surface area contributed by atoms with Gasteiger partial charge < -0.3 is 72.3 Å². The number of carboxylic acids is 4. The summed E-state index contributed by atoms with van der Waals surface area (Å²) < 4.78 is 14.5. The maximum absolute atomic E-state index is 9.34. The molecule has 4 atom stereocenters. The van der Waals surface area contributed by atoms with Crippen molar-refractivity contribution in [3.05, 3.63) is 0 Å². The van der Waals surface area contributed by atoms with Crippen molar-refractivity contribution in [2.75, 3.05) is 0 Å². The molecule has 0 spiro atoms. The van der Waals surface area contributed by atoms with Crippen LogP contribution in [0, 0.1) is 0 Å². The Bertz CT molecular complexity index is 332. The standard InChI is InChI=1S/4C3H6O3.2H3N.2H2O.Ti/c4*1-2(4)3(5)6;;;;;/h4*2,4H,1H3,(H,5,6);2*1H3;2*1H2;/q;;;;;;;;+4/p-4. The Morgan fingerprint density at radius 2 is 0.586 bits per heavy atom. The van der Waals surface area contributed by atoms with E-state index in [9.17, 15) is 39.6 Å². The van der Waals surface area contributed by atoms with Gasteiger partial charge in [-0.2, -0.15) is 0 Å². The van der Waals surface area contributed by atoms with E-state index in [1.54, 1.807) is 0 Å². The van der Waals surface area contributed by atoms with Crippen LogP contribution in [0.2, 0.25) is 0 Å². The molecule has 0 heterocycles. The Kier molecular flexibility index (Phi) is 48.9. The van der Waals surface area contributed by atoms with E-state index in [4.69, 9.17) is 27.8 Å². The number of aliphatic carboxylic acids is 4. The fourth-order valence-electron chi connectivity index (χ4n) is 0. The summed E-state index contributed by atoms with van der Waals surface area (Å²) in [5, 5.41) is 69.2. The molecule has 0 amide bonds.